The van der Waals surface area contributed by atoms with E-state index in [0.717, 1.165) is 43.1 Å². The first-order valence-electron chi connectivity index (χ1n) is 10.5. The molecule has 4 rings (SSSR count). The molecule has 164 valence electrons. The van der Waals surface area contributed by atoms with E-state index < -0.39 is 12.1 Å². The number of cyclic esters (lactones) is 1. The number of piperidine rings is 1. The molecule has 8 heteroatoms. The fourth-order valence-corrected chi connectivity index (χ4v) is 4.42. The summed E-state index contributed by atoms with van der Waals surface area (Å²) in [6.07, 6.45) is 1.17. The lowest BCUT2D eigenvalue weighted by Gasteiger charge is -2.37. The zero-order valence-electron chi connectivity index (χ0n) is 17.5. The number of nitrogens with zero attached hydrogens (tertiary/aromatic N) is 2. The fraction of sp³-hybridized carbons (Fsp3) is 0.391. The average molecular weight is 443 g/mol. The zero-order chi connectivity index (χ0) is 22.0. The average Bonchev–Trinajstić information content (AvgIpc) is 3.13. The lowest BCUT2D eigenvalue weighted by atomic mass is 10.0. The Kier molecular flexibility index (Phi) is 6.34. The summed E-state index contributed by atoms with van der Waals surface area (Å²) in [4.78, 5) is 29.2. The summed E-state index contributed by atoms with van der Waals surface area (Å²) in [5.41, 5.74) is 9.26. The zero-order valence-corrected chi connectivity index (χ0v) is 18.3. The SMILES string of the molecule is Cc1cc(CN2CCC(N3C(=O)OC[C@H]3C(=O)Nc3cccc(N)c3)CC2)ccc1Cl. The molecule has 31 heavy (non-hydrogen) atoms. The Morgan fingerprint density at radius 2 is 2.00 bits per heavy atom. The number of likely N-dealkylation sites (tertiary alicyclic amines) is 1. The lowest BCUT2D eigenvalue weighted by Crippen LogP contribution is -2.51. The number of hydrogen-bond acceptors (Lipinski definition) is 5. The lowest BCUT2D eigenvalue weighted by molar-refractivity contribution is -0.120. The smallest absolute Gasteiger partial charge is 0.410 e. The van der Waals surface area contributed by atoms with Crippen LogP contribution in [-0.2, 0) is 16.1 Å². The predicted octanol–water partition coefficient (Wildman–Crippen LogP) is 3.65. The highest BCUT2D eigenvalue weighted by molar-refractivity contribution is 6.31. The van der Waals surface area contributed by atoms with Crippen LogP contribution in [0.25, 0.3) is 0 Å². The van der Waals surface area contributed by atoms with Crippen molar-refractivity contribution in [1.82, 2.24) is 9.80 Å². The Bertz CT molecular complexity index is 975. The van der Waals surface area contributed by atoms with Crippen LogP contribution >= 0.6 is 11.6 Å². The number of rotatable bonds is 5. The highest BCUT2D eigenvalue weighted by Gasteiger charge is 2.43. The monoisotopic (exact) mass is 442 g/mol. The van der Waals surface area contributed by atoms with Crippen molar-refractivity contribution in [2.24, 2.45) is 0 Å². The summed E-state index contributed by atoms with van der Waals surface area (Å²) < 4.78 is 5.24. The Morgan fingerprint density at radius 1 is 1.23 bits per heavy atom. The molecular formula is C23H27ClN4O3. The van der Waals surface area contributed by atoms with Gasteiger partial charge in [0.05, 0.1) is 0 Å². The van der Waals surface area contributed by atoms with E-state index in [4.69, 9.17) is 22.1 Å². The molecule has 2 fully saturated rings. The van der Waals surface area contributed by atoms with Gasteiger partial charge in [-0.3, -0.25) is 14.6 Å². The summed E-state index contributed by atoms with van der Waals surface area (Å²) in [5, 5.41) is 3.63. The minimum atomic E-state index is -0.635. The van der Waals surface area contributed by atoms with E-state index >= 15 is 0 Å². The Labute approximate surface area is 187 Å². The van der Waals surface area contributed by atoms with Crippen molar-refractivity contribution in [1.29, 1.82) is 0 Å². The highest BCUT2D eigenvalue weighted by atomic mass is 35.5. The number of benzene rings is 2. The molecule has 0 spiro atoms. The van der Waals surface area contributed by atoms with Crippen LogP contribution in [0.3, 0.4) is 0 Å². The summed E-state index contributed by atoms with van der Waals surface area (Å²) in [6.45, 7) is 4.61. The van der Waals surface area contributed by atoms with Gasteiger partial charge in [-0.25, -0.2) is 4.79 Å². The number of aryl methyl sites for hydroxylation is 1. The molecule has 2 aromatic rings. The van der Waals surface area contributed by atoms with Gasteiger partial charge in [-0.05, 0) is 55.2 Å². The van der Waals surface area contributed by atoms with E-state index in [1.807, 2.05) is 13.0 Å². The first kappa shape index (κ1) is 21.5. The van der Waals surface area contributed by atoms with E-state index in [1.165, 1.54) is 5.56 Å². The molecule has 2 aliphatic rings. The third-order valence-corrected chi connectivity index (χ3v) is 6.37. The highest BCUT2D eigenvalue weighted by Crippen LogP contribution is 2.26. The first-order valence-corrected chi connectivity index (χ1v) is 10.9. The number of carbonyl (C=O) groups excluding carboxylic acids is 2. The molecule has 2 heterocycles. The molecule has 7 nitrogen and oxygen atoms in total. The van der Waals surface area contributed by atoms with E-state index in [-0.39, 0.29) is 18.6 Å². The molecule has 2 aliphatic heterocycles. The fourth-order valence-electron chi connectivity index (χ4n) is 4.30. The van der Waals surface area contributed by atoms with Gasteiger partial charge >= 0.3 is 6.09 Å². The molecule has 0 bridgehead atoms. The van der Waals surface area contributed by atoms with Crippen molar-refractivity contribution in [3.63, 3.8) is 0 Å². The summed E-state index contributed by atoms with van der Waals surface area (Å²) in [5.74, 6) is -0.254. The second-order valence-corrected chi connectivity index (χ2v) is 8.61. The number of amides is 2. The van der Waals surface area contributed by atoms with Gasteiger partial charge < -0.3 is 15.8 Å². The van der Waals surface area contributed by atoms with Gasteiger partial charge in [0.1, 0.15) is 12.6 Å². The molecule has 2 amide bonds. The van der Waals surface area contributed by atoms with Crippen LogP contribution in [0, 0.1) is 6.92 Å². The standard InChI is InChI=1S/C23H27ClN4O3/c1-15-11-16(5-6-20(15)24)13-27-9-7-19(8-10-27)28-21(14-31-23(28)30)22(29)26-18-4-2-3-17(25)12-18/h2-6,11-12,19,21H,7-10,13-14,25H2,1H3,(H,26,29)/t21-/m0/s1. The van der Waals surface area contributed by atoms with Crippen LogP contribution in [0.2, 0.25) is 5.02 Å². The van der Waals surface area contributed by atoms with E-state index in [2.05, 4.69) is 22.3 Å². The molecule has 0 saturated carbocycles. The van der Waals surface area contributed by atoms with Crippen molar-refractivity contribution in [3.05, 3.63) is 58.6 Å². The van der Waals surface area contributed by atoms with E-state index in [1.54, 1.807) is 29.2 Å². The van der Waals surface area contributed by atoms with Gasteiger partial charge in [0.15, 0.2) is 0 Å². The van der Waals surface area contributed by atoms with Crippen LogP contribution in [0.1, 0.15) is 24.0 Å². The van der Waals surface area contributed by atoms with Gasteiger partial charge in [-0.15, -0.1) is 0 Å². The summed E-state index contributed by atoms with van der Waals surface area (Å²) in [6, 6.07) is 12.4. The normalized spacial score (nSPS) is 20.0. The number of hydrogen-bond donors (Lipinski definition) is 2. The van der Waals surface area contributed by atoms with Crippen molar-refractivity contribution < 1.29 is 14.3 Å². The van der Waals surface area contributed by atoms with E-state index in [0.29, 0.717) is 11.4 Å². The maximum Gasteiger partial charge on any atom is 0.410 e. The molecule has 0 aliphatic carbocycles. The molecule has 3 N–H and O–H groups in total. The van der Waals surface area contributed by atoms with E-state index in [9.17, 15) is 9.59 Å². The molecule has 0 radical (unpaired) electrons. The van der Waals surface area contributed by atoms with Gasteiger partial charge in [0.2, 0.25) is 0 Å². The maximum atomic E-state index is 12.8. The minimum Gasteiger partial charge on any atom is -0.447 e. The quantitative estimate of drug-likeness (QED) is 0.690. The number of nitrogen functional groups attached to an aromatic ring is 1. The molecule has 2 saturated heterocycles. The molecule has 1 atom stereocenters. The maximum absolute atomic E-state index is 12.8. The van der Waals surface area contributed by atoms with Crippen LogP contribution in [0.4, 0.5) is 16.2 Å². The molecule has 2 aromatic carbocycles. The Morgan fingerprint density at radius 3 is 2.71 bits per heavy atom. The summed E-state index contributed by atoms with van der Waals surface area (Å²) >= 11 is 6.13. The van der Waals surface area contributed by atoms with Gasteiger partial charge in [-0.2, -0.15) is 0 Å². The Hall–Kier alpha value is -2.77. The number of nitrogens with one attached hydrogen (secondary N) is 1. The number of anilines is 2. The van der Waals surface area contributed by atoms with Crippen LogP contribution < -0.4 is 11.1 Å². The van der Waals surface area contributed by atoms with Gasteiger partial charge in [0, 0.05) is 42.1 Å². The van der Waals surface area contributed by atoms with Crippen LogP contribution in [0.15, 0.2) is 42.5 Å². The first-order chi connectivity index (χ1) is 14.9. The van der Waals surface area contributed by atoms with Gasteiger partial charge in [-0.1, -0.05) is 29.8 Å². The molecule has 0 aromatic heterocycles. The second kappa shape index (κ2) is 9.16. The molecular weight excluding hydrogens is 416 g/mol. The summed E-state index contributed by atoms with van der Waals surface area (Å²) in [7, 11) is 0. The number of ether oxygens (including phenoxy) is 1. The number of halogens is 1. The second-order valence-electron chi connectivity index (χ2n) is 8.21. The number of carbonyl (C=O) groups is 2. The van der Waals surface area contributed by atoms with Gasteiger partial charge in [0.25, 0.3) is 5.91 Å². The predicted molar refractivity (Wildman–Crippen MR) is 121 cm³/mol. The van der Waals surface area contributed by atoms with Crippen molar-refractivity contribution in [2.45, 2.75) is 38.4 Å². The van der Waals surface area contributed by atoms with Crippen LogP contribution in [0.5, 0.6) is 0 Å². The van der Waals surface area contributed by atoms with Crippen molar-refractivity contribution >= 4 is 35.0 Å². The number of nitrogens with two attached hydrogens (primary N) is 1. The largest absolute Gasteiger partial charge is 0.447 e. The third kappa shape index (κ3) is 4.94. The van der Waals surface area contributed by atoms with Crippen molar-refractivity contribution in [3.8, 4) is 0 Å². The topological polar surface area (TPSA) is 87.9 Å². The van der Waals surface area contributed by atoms with Crippen molar-refractivity contribution in [2.75, 3.05) is 30.7 Å². The molecule has 0 unspecified atom stereocenters. The minimum absolute atomic E-state index is 0.0187. The Balaban J connectivity index is 1.36. The third-order valence-electron chi connectivity index (χ3n) is 5.95. The van der Waals surface area contributed by atoms with Crippen LogP contribution in [-0.4, -0.2) is 53.6 Å².